The van der Waals surface area contributed by atoms with Crippen molar-refractivity contribution in [1.82, 2.24) is 0 Å². The first kappa shape index (κ1) is 17.6. The quantitative estimate of drug-likeness (QED) is 0.850. The molecule has 1 aromatic rings. The molecular weight excluding hydrogens is 300 g/mol. The Morgan fingerprint density at radius 2 is 1.33 bits per heavy atom. The summed E-state index contributed by atoms with van der Waals surface area (Å²) in [5, 5.41) is 0. The van der Waals surface area contributed by atoms with Crippen LogP contribution in [0.2, 0.25) is 0 Å². The molecule has 0 heterocycles. The molecule has 120 valence electrons. The summed E-state index contributed by atoms with van der Waals surface area (Å²) in [6.07, 6.45) is -9.77. The highest BCUT2D eigenvalue weighted by Crippen LogP contribution is 2.38. The minimum Gasteiger partial charge on any atom is -0.493 e. The highest BCUT2D eigenvalue weighted by atomic mass is 19.4. The Balaban J connectivity index is 3.14. The third kappa shape index (κ3) is 5.11. The van der Waals surface area contributed by atoms with Gasteiger partial charge in [-0.3, -0.25) is 0 Å². The van der Waals surface area contributed by atoms with Gasteiger partial charge in [-0.1, -0.05) is 13.8 Å². The fourth-order valence-corrected chi connectivity index (χ4v) is 1.35. The Bertz CT molecular complexity index is 460. The molecule has 2 nitrogen and oxygen atoms in total. The lowest BCUT2D eigenvalue weighted by Crippen LogP contribution is -2.30. The minimum absolute atomic E-state index is 0.0565. The third-order valence-corrected chi connectivity index (χ3v) is 2.74. The number of alkyl halides is 6. The van der Waals surface area contributed by atoms with Crippen LogP contribution < -0.4 is 10.5 Å². The highest BCUT2D eigenvalue weighted by molar-refractivity contribution is 5.37. The van der Waals surface area contributed by atoms with Crippen LogP contribution in [-0.2, 0) is 12.4 Å². The minimum atomic E-state index is -4.89. The number of hydrogen-bond donors (Lipinski definition) is 1. The molecule has 0 fully saturated rings. The van der Waals surface area contributed by atoms with Crippen molar-refractivity contribution >= 4 is 0 Å². The molecule has 2 N–H and O–H groups in total. The van der Waals surface area contributed by atoms with Crippen LogP contribution in [0, 0.1) is 5.41 Å². The van der Waals surface area contributed by atoms with Gasteiger partial charge in [0.25, 0.3) is 0 Å². The van der Waals surface area contributed by atoms with Crippen LogP contribution in [-0.4, -0.2) is 13.2 Å². The highest BCUT2D eigenvalue weighted by Gasteiger charge is 2.37. The lowest BCUT2D eigenvalue weighted by molar-refractivity contribution is -0.143. The van der Waals surface area contributed by atoms with Crippen LogP contribution in [0.15, 0.2) is 18.2 Å². The maximum absolute atomic E-state index is 12.6. The summed E-state index contributed by atoms with van der Waals surface area (Å²) in [7, 11) is 0. The predicted molar refractivity (Wildman–Crippen MR) is 64.8 cm³/mol. The molecule has 0 atom stereocenters. The normalized spacial score (nSPS) is 13.4. The van der Waals surface area contributed by atoms with Crippen LogP contribution in [0.1, 0.15) is 25.0 Å². The molecular formula is C13H15F6NO. The van der Waals surface area contributed by atoms with Crippen LogP contribution >= 0.6 is 0 Å². The Morgan fingerprint density at radius 3 is 1.67 bits per heavy atom. The van der Waals surface area contributed by atoms with E-state index in [0.717, 1.165) is 0 Å². The van der Waals surface area contributed by atoms with E-state index in [1.807, 2.05) is 0 Å². The molecule has 0 aliphatic carbocycles. The van der Waals surface area contributed by atoms with Crippen molar-refractivity contribution in [2.75, 3.05) is 13.2 Å². The van der Waals surface area contributed by atoms with E-state index in [-0.39, 0.29) is 19.2 Å². The summed E-state index contributed by atoms with van der Waals surface area (Å²) in [5.74, 6) is -0.487. The molecule has 0 aliphatic rings. The molecule has 8 heteroatoms. The van der Waals surface area contributed by atoms with Crippen molar-refractivity contribution in [3.8, 4) is 5.75 Å². The average molecular weight is 315 g/mol. The monoisotopic (exact) mass is 315 g/mol. The third-order valence-electron chi connectivity index (χ3n) is 2.74. The summed E-state index contributed by atoms with van der Waals surface area (Å²) < 4.78 is 80.9. The summed E-state index contributed by atoms with van der Waals surface area (Å²) in [6, 6.07) is 1.14. The predicted octanol–water partition coefficient (Wildman–Crippen LogP) is 4.09. The number of nitrogens with two attached hydrogens (primary N) is 1. The first-order chi connectivity index (χ1) is 9.35. The zero-order valence-corrected chi connectivity index (χ0v) is 11.4. The number of hydrogen-bond acceptors (Lipinski definition) is 2. The zero-order chi connectivity index (χ0) is 16.5. The first-order valence-corrected chi connectivity index (χ1v) is 5.97. The summed E-state index contributed by atoms with van der Waals surface area (Å²) >= 11 is 0. The van der Waals surface area contributed by atoms with E-state index in [9.17, 15) is 26.3 Å². The van der Waals surface area contributed by atoms with Crippen LogP contribution in [0.3, 0.4) is 0 Å². The molecule has 0 unspecified atom stereocenters. The molecule has 0 aromatic heterocycles. The van der Waals surface area contributed by atoms with Gasteiger partial charge < -0.3 is 10.5 Å². The van der Waals surface area contributed by atoms with Crippen molar-refractivity contribution in [3.63, 3.8) is 0 Å². The number of benzene rings is 1. The molecule has 0 spiro atoms. The molecule has 0 saturated heterocycles. The molecule has 0 aliphatic heterocycles. The van der Waals surface area contributed by atoms with Crippen molar-refractivity contribution in [1.29, 1.82) is 0 Å². The van der Waals surface area contributed by atoms with E-state index in [4.69, 9.17) is 10.5 Å². The number of ether oxygens (including phenoxy) is 1. The first-order valence-electron chi connectivity index (χ1n) is 5.97. The van der Waals surface area contributed by atoms with Crippen molar-refractivity contribution in [3.05, 3.63) is 29.3 Å². The van der Waals surface area contributed by atoms with E-state index >= 15 is 0 Å². The van der Waals surface area contributed by atoms with Gasteiger partial charge in [-0.15, -0.1) is 0 Å². The van der Waals surface area contributed by atoms with E-state index in [2.05, 4.69) is 0 Å². The van der Waals surface area contributed by atoms with Crippen molar-refractivity contribution in [2.24, 2.45) is 11.1 Å². The molecule has 21 heavy (non-hydrogen) atoms. The van der Waals surface area contributed by atoms with E-state index < -0.39 is 34.6 Å². The lowest BCUT2D eigenvalue weighted by Gasteiger charge is -2.23. The van der Waals surface area contributed by atoms with E-state index in [1.54, 1.807) is 13.8 Å². The topological polar surface area (TPSA) is 35.2 Å². The van der Waals surface area contributed by atoms with Crippen LogP contribution in [0.25, 0.3) is 0 Å². The van der Waals surface area contributed by atoms with Gasteiger partial charge in [0.2, 0.25) is 0 Å². The maximum Gasteiger partial charge on any atom is 0.416 e. The number of halogens is 6. The SMILES string of the molecule is CC(C)(CN)COc1cc(C(F)(F)F)cc(C(F)(F)F)c1. The van der Waals surface area contributed by atoms with Gasteiger partial charge in [0, 0.05) is 12.0 Å². The molecule has 0 saturated carbocycles. The van der Waals surface area contributed by atoms with E-state index in [1.165, 1.54) is 0 Å². The summed E-state index contributed by atoms with van der Waals surface area (Å²) in [4.78, 5) is 0. The summed E-state index contributed by atoms with van der Waals surface area (Å²) in [5.41, 5.74) is 2.06. The maximum atomic E-state index is 12.6. The average Bonchev–Trinajstić information content (AvgIpc) is 2.34. The second-order valence-electron chi connectivity index (χ2n) is 5.40. The van der Waals surface area contributed by atoms with Gasteiger partial charge in [-0.05, 0) is 18.2 Å². The van der Waals surface area contributed by atoms with Crippen LogP contribution in [0.4, 0.5) is 26.3 Å². The molecule has 1 aromatic carbocycles. The molecule has 1 rings (SSSR count). The van der Waals surface area contributed by atoms with Gasteiger partial charge in [-0.2, -0.15) is 26.3 Å². The summed E-state index contributed by atoms with van der Waals surface area (Å²) in [6.45, 7) is 3.46. The van der Waals surface area contributed by atoms with E-state index in [0.29, 0.717) is 12.1 Å². The second-order valence-corrected chi connectivity index (χ2v) is 5.40. The van der Waals surface area contributed by atoms with Gasteiger partial charge in [0.1, 0.15) is 5.75 Å². The number of rotatable bonds is 4. The van der Waals surface area contributed by atoms with Gasteiger partial charge in [-0.25, -0.2) is 0 Å². The zero-order valence-electron chi connectivity index (χ0n) is 11.4. The Morgan fingerprint density at radius 1 is 0.905 bits per heavy atom. The standard InChI is InChI=1S/C13H15F6NO/c1-11(2,6-20)7-21-10-4-8(12(14,15)16)3-9(5-10)13(17,18)19/h3-5H,6-7,20H2,1-2H3. The Labute approximate surface area is 117 Å². The second kappa shape index (κ2) is 5.75. The Kier molecular flexibility index (Phi) is 4.82. The molecule has 0 amide bonds. The largest absolute Gasteiger partial charge is 0.493 e. The van der Waals surface area contributed by atoms with Crippen molar-refractivity contribution < 1.29 is 31.1 Å². The van der Waals surface area contributed by atoms with Crippen LogP contribution in [0.5, 0.6) is 5.75 Å². The lowest BCUT2D eigenvalue weighted by atomic mass is 9.95. The van der Waals surface area contributed by atoms with Gasteiger partial charge >= 0.3 is 12.4 Å². The van der Waals surface area contributed by atoms with Crippen molar-refractivity contribution in [2.45, 2.75) is 26.2 Å². The van der Waals surface area contributed by atoms with Gasteiger partial charge in [0.15, 0.2) is 0 Å². The smallest absolute Gasteiger partial charge is 0.416 e. The Hall–Kier alpha value is -1.44. The fourth-order valence-electron chi connectivity index (χ4n) is 1.35. The molecule has 0 radical (unpaired) electrons. The molecule has 0 bridgehead atoms. The van der Waals surface area contributed by atoms with Gasteiger partial charge in [0.05, 0.1) is 17.7 Å². The fraction of sp³-hybridized carbons (Fsp3) is 0.538.